The summed E-state index contributed by atoms with van der Waals surface area (Å²) in [6.45, 7) is 0. The molecule has 0 radical (unpaired) electrons. The van der Waals surface area contributed by atoms with Crippen molar-refractivity contribution in [2.45, 2.75) is 6.18 Å². The van der Waals surface area contributed by atoms with Crippen LogP contribution in [-0.4, -0.2) is 15.6 Å². The van der Waals surface area contributed by atoms with Gasteiger partial charge in [0.15, 0.2) is 5.17 Å². The van der Waals surface area contributed by atoms with Crippen molar-refractivity contribution >= 4 is 57.1 Å². The number of rotatable bonds is 2. The molecule has 2 aromatic carbocycles. The Morgan fingerprint density at radius 2 is 1.97 bits per heavy atom. The van der Waals surface area contributed by atoms with Crippen molar-refractivity contribution in [3.8, 4) is 0 Å². The number of hydrogen-bond donors (Lipinski definition) is 1. The molecule has 3 aromatic rings. The third-order valence-electron chi connectivity index (χ3n) is 4.36. The molecule has 0 spiro atoms. The molecule has 1 aliphatic rings. The molecule has 29 heavy (non-hydrogen) atoms. The van der Waals surface area contributed by atoms with Gasteiger partial charge in [0.25, 0.3) is 5.91 Å². The van der Waals surface area contributed by atoms with Crippen LogP contribution in [0, 0.1) is 0 Å². The normalized spacial score (nSPS) is 17.5. The predicted molar refractivity (Wildman–Crippen MR) is 110 cm³/mol. The lowest BCUT2D eigenvalue weighted by Gasteiger charge is -2.08. The maximum atomic E-state index is 12.9. The van der Waals surface area contributed by atoms with Gasteiger partial charge in [-0.05, 0) is 42.1 Å². The fourth-order valence-corrected chi connectivity index (χ4v) is 3.98. The zero-order chi connectivity index (χ0) is 20.8. The second-order valence-electron chi connectivity index (χ2n) is 6.36. The number of thioether (sulfide) groups is 1. The van der Waals surface area contributed by atoms with Crippen molar-refractivity contribution in [2.24, 2.45) is 12.0 Å². The number of carbonyl (C=O) groups is 1. The standard InChI is InChI=1S/C20H13ClF3N3OS/c1-27-10-11(13-4-2-3-5-16(13)27)8-17-18(28)26-19(29-17)25-15-9-12(20(22,23)24)6-7-14(15)21/h2-10H,1H3,(H,25,26,28)/b17-8+. The van der Waals surface area contributed by atoms with Gasteiger partial charge in [0.1, 0.15) is 0 Å². The van der Waals surface area contributed by atoms with Gasteiger partial charge < -0.3 is 9.88 Å². The SMILES string of the molecule is Cn1cc(/C=C2/SC(=Nc3cc(C(F)(F)F)ccc3Cl)NC2=O)c2ccccc21. The summed E-state index contributed by atoms with van der Waals surface area (Å²) in [7, 11) is 1.91. The molecular formula is C20H13ClF3N3OS. The van der Waals surface area contributed by atoms with E-state index in [0.29, 0.717) is 4.91 Å². The molecule has 1 fully saturated rings. The first-order chi connectivity index (χ1) is 13.7. The maximum Gasteiger partial charge on any atom is 0.416 e. The fraction of sp³-hybridized carbons (Fsp3) is 0.100. The maximum absolute atomic E-state index is 12.9. The number of benzene rings is 2. The Labute approximate surface area is 173 Å². The van der Waals surface area contributed by atoms with E-state index in [0.717, 1.165) is 46.4 Å². The quantitative estimate of drug-likeness (QED) is 0.521. The molecule has 1 N–H and O–H groups in total. The molecule has 1 aliphatic heterocycles. The van der Waals surface area contributed by atoms with Crippen LogP contribution in [0.15, 0.2) is 58.6 Å². The van der Waals surface area contributed by atoms with Crippen LogP contribution in [0.2, 0.25) is 5.02 Å². The minimum atomic E-state index is -4.51. The van der Waals surface area contributed by atoms with Gasteiger partial charge >= 0.3 is 6.18 Å². The van der Waals surface area contributed by atoms with E-state index in [2.05, 4.69) is 10.3 Å². The first-order valence-corrected chi connectivity index (χ1v) is 9.62. The second-order valence-corrected chi connectivity index (χ2v) is 7.80. The van der Waals surface area contributed by atoms with Crippen molar-refractivity contribution in [2.75, 3.05) is 0 Å². The summed E-state index contributed by atoms with van der Waals surface area (Å²) in [5.41, 5.74) is 0.962. The van der Waals surface area contributed by atoms with Gasteiger partial charge in [0.2, 0.25) is 0 Å². The zero-order valence-corrected chi connectivity index (χ0v) is 16.5. The number of aryl methyl sites for hydroxylation is 1. The van der Waals surface area contributed by atoms with E-state index < -0.39 is 11.7 Å². The highest BCUT2D eigenvalue weighted by Gasteiger charge is 2.31. The van der Waals surface area contributed by atoms with Crippen molar-refractivity contribution in [1.29, 1.82) is 0 Å². The highest BCUT2D eigenvalue weighted by Crippen LogP contribution is 2.37. The third kappa shape index (κ3) is 3.90. The summed E-state index contributed by atoms with van der Waals surface area (Å²) in [4.78, 5) is 16.8. The molecule has 148 valence electrons. The van der Waals surface area contributed by atoms with Gasteiger partial charge in [0, 0.05) is 29.7 Å². The fourth-order valence-electron chi connectivity index (χ4n) is 2.99. The molecule has 4 rings (SSSR count). The van der Waals surface area contributed by atoms with Crippen LogP contribution < -0.4 is 5.32 Å². The summed E-state index contributed by atoms with van der Waals surface area (Å²) >= 11 is 7.03. The molecule has 1 amide bonds. The largest absolute Gasteiger partial charge is 0.416 e. The molecule has 0 aliphatic carbocycles. The minimum absolute atomic E-state index is 0.0595. The first kappa shape index (κ1) is 19.6. The Morgan fingerprint density at radius 3 is 2.72 bits per heavy atom. The summed E-state index contributed by atoms with van der Waals surface area (Å²) < 4.78 is 40.7. The number of aromatic nitrogens is 1. The molecule has 1 saturated heterocycles. The van der Waals surface area contributed by atoms with Crippen LogP contribution in [0.4, 0.5) is 18.9 Å². The molecule has 4 nitrogen and oxygen atoms in total. The number of nitrogens with zero attached hydrogens (tertiary/aromatic N) is 2. The average molecular weight is 436 g/mol. The predicted octanol–water partition coefficient (Wildman–Crippen LogP) is 5.74. The molecule has 9 heteroatoms. The molecule has 1 aromatic heterocycles. The number of halogens is 4. The van der Waals surface area contributed by atoms with Crippen LogP contribution in [0.3, 0.4) is 0 Å². The van der Waals surface area contributed by atoms with Gasteiger partial charge in [-0.15, -0.1) is 0 Å². The van der Waals surface area contributed by atoms with Gasteiger partial charge in [0.05, 0.1) is 21.2 Å². The highest BCUT2D eigenvalue weighted by atomic mass is 35.5. The van der Waals surface area contributed by atoms with E-state index in [1.807, 2.05) is 42.1 Å². The minimum Gasteiger partial charge on any atom is -0.350 e. The molecule has 0 saturated carbocycles. The number of fused-ring (bicyclic) bond motifs is 1. The van der Waals surface area contributed by atoms with E-state index in [9.17, 15) is 18.0 Å². The second kappa shape index (κ2) is 7.27. The van der Waals surface area contributed by atoms with Gasteiger partial charge in [-0.2, -0.15) is 13.2 Å². The highest BCUT2D eigenvalue weighted by molar-refractivity contribution is 8.18. The lowest BCUT2D eigenvalue weighted by Crippen LogP contribution is -2.19. The summed E-state index contributed by atoms with van der Waals surface area (Å²) in [5, 5.41) is 3.79. The van der Waals surface area contributed by atoms with E-state index >= 15 is 0 Å². The molecule has 0 bridgehead atoms. The Kier molecular flexibility index (Phi) is 4.92. The number of carbonyl (C=O) groups excluding carboxylic acids is 1. The number of para-hydroxylation sites is 1. The first-order valence-electron chi connectivity index (χ1n) is 8.43. The topological polar surface area (TPSA) is 46.4 Å². The molecule has 0 atom stereocenters. The van der Waals surface area contributed by atoms with Gasteiger partial charge in [-0.25, -0.2) is 4.99 Å². The van der Waals surface area contributed by atoms with Crippen LogP contribution in [0.1, 0.15) is 11.1 Å². The van der Waals surface area contributed by atoms with Gasteiger partial charge in [-0.1, -0.05) is 29.8 Å². The number of alkyl halides is 3. The van der Waals surface area contributed by atoms with Crippen LogP contribution >= 0.6 is 23.4 Å². The van der Waals surface area contributed by atoms with Crippen molar-refractivity contribution < 1.29 is 18.0 Å². The van der Waals surface area contributed by atoms with E-state index in [1.54, 1.807) is 6.08 Å². The average Bonchev–Trinajstić information content (AvgIpc) is 3.16. The lowest BCUT2D eigenvalue weighted by atomic mass is 10.1. The van der Waals surface area contributed by atoms with Gasteiger partial charge in [-0.3, -0.25) is 4.79 Å². The third-order valence-corrected chi connectivity index (χ3v) is 5.59. The van der Waals surface area contributed by atoms with E-state index in [4.69, 9.17) is 11.6 Å². The lowest BCUT2D eigenvalue weighted by molar-refractivity contribution is -0.137. The number of amidine groups is 1. The number of nitrogens with one attached hydrogen (secondary N) is 1. The van der Waals surface area contributed by atoms with Crippen LogP contribution in [-0.2, 0) is 18.0 Å². The Balaban J connectivity index is 1.67. The number of aliphatic imine (C=N–C) groups is 1. The Morgan fingerprint density at radius 1 is 1.21 bits per heavy atom. The van der Waals surface area contributed by atoms with E-state index in [-0.39, 0.29) is 21.8 Å². The zero-order valence-electron chi connectivity index (χ0n) is 14.9. The number of amides is 1. The van der Waals surface area contributed by atoms with Crippen molar-refractivity contribution in [3.63, 3.8) is 0 Å². The van der Waals surface area contributed by atoms with Crippen LogP contribution in [0.5, 0.6) is 0 Å². The summed E-state index contributed by atoms with van der Waals surface area (Å²) in [6, 6.07) is 10.7. The smallest absolute Gasteiger partial charge is 0.350 e. The monoisotopic (exact) mass is 435 g/mol. The van der Waals surface area contributed by atoms with E-state index in [1.165, 1.54) is 0 Å². The summed E-state index contributed by atoms with van der Waals surface area (Å²) in [5.74, 6) is -0.371. The Hall–Kier alpha value is -2.71. The summed E-state index contributed by atoms with van der Waals surface area (Å²) in [6.07, 6.45) is -0.867. The molecular weight excluding hydrogens is 423 g/mol. The molecule has 2 heterocycles. The Bertz CT molecular complexity index is 1200. The van der Waals surface area contributed by atoms with Crippen LogP contribution in [0.25, 0.3) is 17.0 Å². The molecule has 0 unspecified atom stereocenters. The number of hydrogen-bond acceptors (Lipinski definition) is 3. The van der Waals surface area contributed by atoms with Crippen molar-refractivity contribution in [3.05, 3.63) is 69.7 Å². The van der Waals surface area contributed by atoms with Crippen molar-refractivity contribution in [1.82, 2.24) is 9.88 Å².